The Morgan fingerprint density at radius 1 is 0.962 bits per heavy atom. The summed E-state index contributed by atoms with van der Waals surface area (Å²) in [6.07, 6.45) is 0.803. The fraction of sp³-hybridized carbons (Fsp3) is 0.286. The van der Waals surface area contributed by atoms with Crippen LogP contribution >= 0.6 is 0 Å². The van der Waals surface area contributed by atoms with E-state index >= 15 is 0 Å². The lowest BCUT2D eigenvalue weighted by molar-refractivity contribution is -0.130. The summed E-state index contributed by atoms with van der Waals surface area (Å²) < 4.78 is 0. The third kappa shape index (κ3) is 4.36. The van der Waals surface area contributed by atoms with E-state index in [0.717, 1.165) is 5.56 Å². The molecule has 2 aromatic rings. The summed E-state index contributed by atoms with van der Waals surface area (Å²) in [5.41, 5.74) is 1.15. The number of carbonyl (C=O) groups excluding carboxylic acids is 2. The minimum atomic E-state index is -1.16. The molecule has 0 saturated carbocycles. The molecule has 136 valence electrons. The molecule has 0 radical (unpaired) electrons. The molecule has 0 saturated heterocycles. The van der Waals surface area contributed by atoms with E-state index in [2.05, 4.69) is 5.32 Å². The van der Waals surface area contributed by atoms with Gasteiger partial charge in [0.25, 0.3) is 0 Å². The Morgan fingerprint density at radius 3 is 2.15 bits per heavy atom. The smallest absolute Gasteiger partial charge is 0.336 e. The largest absolute Gasteiger partial charge is 0.478 e. The van der Waals surface area contributed by atoms with Gasteiger partial charge in [-0.3, -0.25) is 9.59 Å². The molecule has 2 N–H and O–H groups in total. The van der Waals surface area contributed by atoms with Crippen LogP contribution in [0.1, 0.15) is 60.1 Å². The summed E-state index contributed by atoms with van der Waals surface area (Å²) >= 11 is 0. The number of carboxylic acids is 1. The van der Waals surface area contributed by atoms with Crippen molar-refractivity contribution < 1.29 is 19.5 Å². The number of hydrogen-bond donors (Lipinski definition) is 2. The van der Waals surface area contributed by atoms with Crippen LogP contribution in [0.4, 0.5) is 0 Å². The highest BCUT2D eigenvalue weighted by Gasteiger charge is 2.31. The number of rotatable bonds is 8. The Kier molecular flexibility index (Phi) is 6.67. The molecule has 26 heavy (non-hydrogen) atoms. The first-order valence-electron chi connectivity index (χ1n) is 8.69. The van der Waals surface area contributed by atoms with Crippen molar-refractivity contribution in [1.82, 2.24) is 5.32 Å². The Labute approximate surface area is 153 Å². The van der Waals surface area contributed by atoms with Gasteiger partial charge in [-0.1, -0.05) is 62.4 Å². The predicted molar refractivity (Wildman–Crippen MR) is 99.1 cm³/mol. The van der Waals surface area contributed by atoms with Crippen LogP contribution in [0, 0.1) is 0 Å². The van der Waals surface area contributed by atoms with Gasteiger partial charge in [-0.2, -0.15) is 0 Å². The Balaban J connectivity index is 2.37. The van der Waals surface area contributed by atoms with Crippen molar-refractivity contribution in [3.05, 3.63) is 71.3 Å². The monoisotopic (exact) mass is 353 g/mol. The molecule has 0 spiro atoms. The average Bonchev–Trinajstić information content (AvgIpc) is 2.67. The molecule has 0 aliphatic rings. The maximum atomic E-state index is 12.9. The molecule has 0 aliphatic carbocycles. The zero-order chi connectivity index (χ0) is 19.1. The first-order valence-corrected chi connectivity index (χ1v) is 8.69. The summed E-state index contributed by atoms with van der Waals surface area (Å²) in [6, 6.07) is 15.4. The Bertz CT molecular complexity index is 786. The van der Waals surface area contributed by atoms with E-state index in [1.807, 2.05) is 37.3 Å². The highest BCUT2D eigenvalue weighted by Crippen LogP contribution is 2.25. The molecule has 0 aliphatic heterocycles. The van der Waals surface area contributed by atoms with Gasteiger partial charge in [-0.25, -0.2) is 4.79 Å². The van der Waals surface area contributed by atoms with Gasteiger partial charge in [0.1, 0.15) is 11.7 Å². The lowest BCUT2D eigenvalue weighted by Crippen LogP contribution is -2.36. The van der Waals surface area contributed by atoms with Crippen LogP contribution in [0.15, 0.2) is 54.6 Å². The fourth-order valence-electron chi connectivity index (χ4n) is 2.97. The lowest BCUT2D eigenvalue weighted by Gasteiger charge is -2.22. The van der Waals surface area contributed by atoms with Gasteiger partial charge in [-0.15, -0.1) is 0 Å². The number of benzene rings is 2. The number of amides is 1. The number of carbonyl (C=O) groups is 3. The first kappa shape index (κ1) is 19.4. The van der Waals surface area contributed by atoms with Crippen molar-refractivity contribution in [2.24, 2.45) is 0 Å². The Hall–Kier alpha value is -2.95. The average molecular weight is 353 g/mol. The van der Waals surface area contributed by atoms with E-state index in [4.69, 9.17) is 0 Å². The first-order chi connectivity index (χ1) is 12.5. The molecule has 2 rings (SSSR count). The van der Waals surface area contributed by atoms with Gasteiger partial charge in [0.15, 0.2) is 0 Å². The normalized spacial score (nSPS) is 12.8. The van der Waals surface area contributed by atoms with Crippen LogP contribution in [0.5, 0.6) is 0 Å². The molecule has 1 unspecified atom stereocenters. The molecular formula is C21H23NO4. The predicted octanol–water partition coefficient (Wildman–Crippen LogP) is 3.72. The van der Waals surface area contributed by atoms with Crippen molar-refractivity contribution >= 4 is 17.7 Å². The molecule has 0 aromatic heterocycles. The van der Waals surface area contributed by atoms with Gasteiger partial charge in [0, 0.05) is 6.42 Å². The van der Waals surface area contributed by atoms with E-state index in [9.17, 15) is 19.5 Å². The van der Waals surface area contributed by atoms with Crippen LogP contribution in [-0.2, 0) is 9.59 Å². The number of aromatic carboxylic acids is 1. The van der Waals surface area contributed by atoms with Crippen molar-refractivity contribution in [3.63, 3.8) is 0 Å². The molecule has 5 nitrogen and oxygen atoms in total. The molecule has 1 amide bonds. The SMILES string of the molecule is CCC(=O)C(C(=O)N[C@@H](CC)c1ccccc1)c1ccccc1C(=O)O. The van der Waals surface area contributed by atoms with E-state index in [1.165, 1.54) is 12.1 Å². The van der Waals surface area contributed by atoms with E-state index in [-0.39, 0.29) is 29.4 Å². The molecular weight excluding hydrogens is 330 g/mol. The summed E-state index contributed by atoms with van der Waals surface area (Å²) in [6.45, 7) is 3.61. The van der Waals surface area contributed by atoms with Crippen molar-refractivity contribution in [1.29, 1.82) is 0 Å². The number of hydrogen-bond acceptors (Lipinski definition) is 3. The standard InChI is InChI=1S/C21H23NO4/c1-3-17(14-10-6-5-7-11-14)22-20(24)19(18(23)4-2)15-12-8-9-13-16(15)21(25)26/h5-13,17,19H,3-4H2,1-2H3,(H,22,24)(H,25,26)/t17-,19?/m0/s1. The molecule has 0 heterocycles. The zero-order valence-corrected chi connectivity index (χ0v) is 14.9. The van der Waals surface area contributed by atoms with Gasteiger partial charge >= 0.3 is 5.97 Å². The van der Waals surface area contributed by atoms with Crippen molar-refractivity contribution in [3.8, 4) is 0 Å². The van der Waals surface area contributed by atoms with Crippen LogP contribution in [0.2, 0.25) is 0 Å². The number of ketones is 1. The second kappa shape index (κ2) is 8.94. The quantitative estimate of drug-likeness (QED) is 0.709. The number of Topliss-reactive ketones (excluding diaryl/α,β-unsaturated/α-hetero) is 1. The third-order valence-corrected chi connectivity index (χ3v) is 4.36. The third-order valence-electron chi connectivity index (χ3n) is 4.36. The van der Waals surface area contributed by atoms with Crippen LogP contribution < -0.4 is 5.32 Å². The minimum absolute atomic E-state index is 0.0257. The van der Waals surface area contributed by atoms with Crippen LogP contribution in [0.3, 0.4) is 0 Å². The maximum Gasteiger partial charge on any atom is 0.336 e. The molecule has 2 aromatic carbocycles. The molecule has 2 atom stereocenters. The number of carboxylic acid groups (broad SMARTS) is 1. The van der Waals surface area contributed by atoms with E-state index in [0.29, 0.717) is 6.42 Å². The maximum absolute atomic E-state index is 12.9. The topological polar surface area (TPSA) is 83.5 Å². The van der Waals surface area contributed by atoms with Crippen molar-refractivity contribution in [2.45, 2.75) is 38.6 Å². The molecule has 0 bridgehead atoms. The van der Waals surface area contributed by atoms with Gasteiger partial charge in [0.05, 0.1) is 11.6 Å². The van der Waals surface area contributed by atoms with E-state index in [1.54, 1.807) is 19.1 Å². The highest BCUT2D eigenvalue weighted by molar-refractivity contribution is 6.08. The highest BCUT2D eigenvalue weighted by atomic mass is 16.4. The van der Waals surface area contributed by atoms with Crippen molar-refractivity contribution in [2.75, 3.05) is 0 Å². The summed E-state index contributed by atoms with van der Waals surface area (Å²) in [5, 5.41) is 12.3. The van der Waals surface area contributed by atoms with Gasteiger partial charge in [0.2, 0.25) is 5.91 Å². The second-order valence-electron chi connectivity index (χ2n) is 6.03. The van der Waals surface area contributed by atoms with Crippen LogP contribution in [0.25, 0.3) is 0 Å². The van der Waals surface area contributed by atoms with Crippen LogP contribution in [-0.4, -0.2) is 22.8 Å². The lowest BCUT2D eigenvalue weighted by atomic mass is 9.88. The van der Waals surface area contributed by atoms with E-state index < -0.39 is 17.8 Å². The molecule has 5 heteroatoms. The second-order valence-corrected chi connectivity index (χ2v) is 6.03. The Morgan fingerprint density at radius 2 is 1.58 bits per heavy atom. The summed E-state index contributed by atoms with van der Waals surface area (Å²) in [7, 11) is 0. The molecule has 0 fully saturated rings. The van der Waals surface area contributed by atoms with Gasteiger partial charge < -0.3 is 10.4 Å². The zero-order valence-electron chi connectivity index (χ0n) is 14.9. The fourth-order valence-corrected chi connectivity index (χ4v) is 2.97. The number of nitrogens with one attached hydrogen (secondary N) is 1. The summed E-state index contributed by atoms with van der Waals surface area (Å²) in [5.74, 6) is -3.07. The summed E-state index contributed by atoms with van der Waals surface area (Å²) in [4.78, 5) is 36.9. The minimum Gasteiger partial charge on any atom is -0.478 e. The van der Waals surface area contributed by atoms with Gasteiger partial charge in [-0.05, 0) is 23.6 Å².